The van der Waals surface area contributed by atoms with Gasteiger partial charge in [0.2, 0.25) is 5.91 Å². The third-order valence-corrected chi connectivity index (χ3v) is 6.87. The van der Waals surface area contributed by atoms with Gasteiger partial charge in [-0.2, -0.15) is 5.26 Å². The van der Waals surface area contributed by atoms with Crippen LogP contribution in [-0.4, -0.2) is 54.4 Å². The van der Waals surface area contributed by atoms with Gasteiger partial charge in [-0.1, -0.05) is 0 Å². The monoisotopic (exact) mass is 363 g/mol. The third-order valence-electron chi connectivity index (χ3n) is 6.87. The van der Waals surface area contributed by atoms with Crippen molar-refractivity contribution in [2.45, 2.75) is 75.7 Å². The fraction of sp³-hybridized carbons (Fsp3) is 0.900. The molecule has 6 heteroatoms. The molecule has 26 heavy (non-hydrogen) atoms. The number of nitrogens with zero attached hydrogens (tertiary/aromatic N) is 2. The van der Waals surface area contributed by atoms with Gasteiger partial charge < -0.3 is 15.0 Å². The van der Waals surface area contributed by atoms with Crippen LogP contribution < -0.4 is 5.32 Å². The minimum Gasteiger partial charge on any atom is -0.378 e. The summed E-state index contributed by atoms with van der Waals surface area (Å²) >= 11 is 0. The molecule has 0 spiro atoms. The molecule has 0 aromatic heterocycles. The maximum absolute atomic E-state index is 13.5. The van der Waals surface area contributed by atoms with E-state index >= 15 is 0 Å². The molecule has 5 nitrogen and oxygen atoms in total. The molecule has 6 atom stereocenters. The van der Waals surface area contributed by atoms with Crippen LogP contribution in [0.4, 0.5) is 4.39 Å². The molecule has 3 saturated carbocycles. The van der Waals surface area contributed by atoms with Crippen molar-refractivity contribution in [3.8, 4) is 6.07 Å². The summed E-state index contributed by atoms with van der Waals surface area (Å²) in [5.41, 5.74) is -0.0383. The van der Waals surface area contributed by atoms with E-state index < -0.39 is 12.2 Å². The van der Waals surface area contributed by atoms with Crippen LogP contribution in [0.2, 0.25) is 0 Å². The highest BCUT2D eigenvalue weighted by molar-refractivity contribution is 5.79. The number of amides is 1. The quantitative estimate of drug-likeness (QED) is 0.787. The van der Waals surface area contributed by atoms with Crippen molar-refractivity contribution in [3.05, 3.63) is 0 Å². The van der Waals surface area contributed by atoms with Gasteiger partial charge in [0.05, 0.1) is 25.3 Å². The van der Waals surface area contributed by atoms with Crippen LogP contribution in [0.5, 0.6) is 0 Å². The molecular weight excluding hydrogens is 333 g/mol. The molecule has 3 aliphatic carbocycles. The first-order valence-corrected chi connectivity index (χ1v) is 10.2. The Morgan fingerprint density at radius 3 is 2.62 bits per heavy atom. The molecular formula is C20H30FN3O2. The van der Waals surface area contributed by atoms with Crippen LogP contribution in [-0.2, 0) is 9.53 Å². The van der Waals surface area contributed by atoms with Crippen LogP contribution in [0, 0.1) is 29.1 Å². The summed E-state index contributed by atoms with van der Waals surface area (Å²) in [7, 11) is 0. The van der Waals surface area contributed by atoms with E-state index in [0.717, 1.165) is 38.2 Å². The SMILES string of the molecule is C[C@@]1(NCC(=O)N2C[C@@H](F)C[C@H]2C#N)C[C@H]2C[C@@H](OCC3CC3)C[C@H]2C1. The number of carbonyl (C=O) groups is 1. The smallest absolute Gasteiger partial charge is 0.237 e. The standard InChI is InChI=1S/C20H30FN3O2/c1-20(23-10-19(25)24-11-16(21)6-17(24)9-22)7-14-4-18(5-15(14)8-20)26-12-13-2-3-13/h13-18,23H,2-8,10-12H2,1H3/t14-,15+,16-,17-,18-,20-/m0/s1. The van der Waals surface area contributed by atoms with E-state index in [0.29, 0.717) is 17.9 Å². The molecule has 144 valence electrons. The van der Waals surface area contributed by atoms with Gasteiger partial charge in [-0.15, -0.1) is 0 Å². The molecule has 0 unspecified atom stereocenters. The molecule has 4 aliphatic rings. The second-order valence-corrected chi connectivity index (χ2v) is 9.24. The summed E-state index contributed by atoms with van der Waals surface area (Å²) in [5.74, 6) is 2.03. The van der Waals surface area contributed by atoms with Gasteiger partial charge >= 0.3 is 0 Å². The molecule has 1 heterocycles. The van der Waals surface area contributed by atoms with Gasteiger partial charge in [0.15, 0.2) is 0 Å². The van der Waals surface area contributed by atoms with E-state index in [4.69, 9.17) is 10.00 Å². The first-order chi connectivity index (χ1) is 12.5. The number of fused-ring (bicyclic) bond motifs is 1. The molecule has 1 saturated heterocycles. The number of hydrogen-bond acceptors (Lipinski definition) is 4. The van der Waals surface area contributed by atoms with E-state index in [-0.39, 0.29) is 31.0 Å². The average Bonchev–Trinajstić information content (AvgIpc) is 3.14. The average molecular weight is 363 g/mol. The van der Waals surface area contributed by atoms with Gasteiger partial charge in [0, 0.05) is 18.6 Å². The molecule has 0 aromatic rings. The fourth-order valence-corrected chi connectivity index (χ4v) is 5.31. The lowest BCUT2D eigenvalue weighted by molar-refractivity contribution is -0.130. The molecule has 1 N–H and O–H groups in total. The Hall–Kier alpha value is -1.19. The van der Waals surface area contributed by atoms with E-state index in [1.807, 2.05) is 6.07 Å². The Bertz CT molecular complexity index is 574. The zero-order valence-electron chi connectivity index (χ0n) is 15.6. The summed E-state index contributed by atoms with van der Waals surface area (Å²) in [4.78, 5) is 13.8. The molecule has 0 aromatic carbocycles. The van der Waals surface area contributed by atoms with Crippen LogP contribution >= 0.6 is 0 Å². The summed E-state index contributed by atoms with van der Waals surface area (Å²) in [6, 6.07) is 1.44. The minimum absolute atomic E-state index is 0.0383. The second-order valence-electron chi connectivity index (χ2n) is 9.24. The summed E-state index contributed by atoms with van der Waals surface area (Å²) in [6.07, 6.45) is 6.61. The van der Waals surface area contributed by atoms with E-state index in [1.165, 1.54) is 17.7 Å². The van der Waals surface area contributed by atoms with E-state index in [1.54, 1.807) is 0 Å². The van der Waals surface area contributed by atoms with Crippen molar-refractivity contribution in [3.63, 3.8) is 0 Å². The van der Waals surface area contributed by atoms with Crippen molar-refractivity contribution in [1.29, 1.82) is 5.26 Å². The Morgan fingerprint density at radius 2 is 2.00 bits per heavy atom. The van der Waals surface area contributed by atoms with Crippen molar-refractivity contribution in [1.82, 2.24) is 10.2 Å². The Kier molecular flexibility index (Phi) is 4.96. The van der Waals surface area contributed by atoms with Crippen LogP contribution in [0.3, 0.4) is 0 Å². The number of likely N-dealkylation sites (tertiary alicyclic amines) is 1. The molecule has 1 amide bonds. The topological polar surface area (TPSA) is 65.4 Å². The van der Waals surface area contributed by atoms with Gasteiger partial charge in [-0.25, -0.2) is 4.39 Å². The van der Waals surface area contributed by atoms with Gasteiger partial charge in [-0.05, 0) is 63.2 Å². The van der Waals surface area contributed by atoms with Crippen LogP contribution in [0.1, 0.15) is 51.9 Å². The number of ether oxygens (including phenoxy) is 1. The molecule has 4 rings (SSSR count). The van der Waals surface area contributed by atoms with Crippen molar-refractivity contribution < 1.29 is 13.9 Å². The lowest BCUT2D eigenvalue weighted by atomic mass is 9.95. The number of nitriles is 1. The summed E-state index contributed by atoms with van der Waals surface area (Å²) < 4.78 is 19.6. The predicted molar refractivity (Wildman–Crippen MR) is 94.9 cm³/mol. The van der Waals surface area contributed by atoms with Gasteiger partial charge in [0.1, 0.15) is 12.2 Å². The number of alkyl halides is 1. The Balaban J connectivity index is 1.23. The van der Waals surface area contributed by atoms with Crippen LogP contribution in [0.15, 0.2) is 0 Å². The van der Waals surface area contributed by atoms with Crippen molar-refractivity contribution >= 4 is 5.91 Å². The molecule has 0 bridgehead atoms. The first kappa shape index (κ1) is 18.2. The van der Waals surface area contributed by atoms with Crippen molar-refractivity contribution in [2.75, 3.05) is 19.7 Å². The number of carbonyl (C=O) groups excluding carboxylic acids is 1. The van der Waals surface area contributed by atoms with E-state index in [2.05, 4.69) is 12.2 Å². The predicted octanol–water partition coefficient (Wildman–Crippen LogP) is 2.41. The Morgan fingerprint density at radius 1 is 1.31 bits per heavy atom. The maximum atomic E-state index is 13.5. The Labute approximate surface area is 155 Å². The third kappa shape index (κ3) is 3.89. The zero-order valence-corrected chi connectivity index (χ0v) is 15.6. The maximum Gasteiger partial charge on any atom is 0.237 e. The molecule has 4 fully saturated rings. The molecule has 1 aliphatic heterocycles. The normalized spacial score (nSPS) is 42.0. The first-order valence-electron chi connectivity index (χ1n) is 10.2. The van der Waals surface area contributed by atoms with Crippen LogP contribution in [0.25, 0.3) is 0 Å². The number of halogens is 1. The highest BCUT2D eigenvalue weighted by Crippen LogP contribution is 2.49. The van der Waals surface area contributed by atoms with E-state index in [9.17, 15) is 9.18 Å². The highest BCUT2D eigenvalue weighted by atomic mass is 19.1. The fourth-order valence-electron chi connectivity index (χ4n) is 5.31. The summed E-state index contributed by atoms with van der Waals surface area (Å²) in [6.45, 7) is 3.39. The largest absolute Gasteiger partial charge is 0.378 e. The minimum atomic E-state index is -1.07. The van der Waals surface area contributed by atoms with Crippen molar-refractivity contribution in [2.24, 2.45) is 17.8 Å². The highest BCUT2D eigenvalue weighted by Gasteiger charge is 2.48. The van der Waals surface area contributed by atoms with Gasteiger partial charge in [-0.3, -0.25) is 4.79 Å². The lowest BCUT2D eigenvalue weighted by Crippen LogP contribution is -2.48. The van der Waals surface area contributed by atoms with Gasteiger partial charge in [0.25, 0.3) is 0 Å². The number of rotatable bonds is 6. The molecule has 0 radical (unpaired) electrons. The zero-order chi connectivity index (χ0) is 18.3. The lowest BCUT2D eigenvalue weighted by Gasteiger charge is -2.29. The summed E-state index contributed by atoms with van der Waals surface area (Å²) in [5, 5.41) is 12.5. The number of nitrogens with one attached hydrogen (secondary N) is 1. The second kappa shape index (κ2) is 7.09. The number of hydrogen-bond donors (Lipinski definition) is 1.